The van der Waals surface area contributed by atoms with Crippen molar-refractivity contribution in [3.05, 3.63) is 200 Å². The summed E-state index contributed by atoms with van der Waals surface area (Å²) in [6, 6.07) is 71.3. The molecule has 0 spiro atoms. The molecule has 0 aliphatic heterocycles. The molecule has 0 fully saturated rings. The van der Waals surface area contributed by atoms with Crippen LogP contribution in [-0.4, -0.2) is 14.1 Å². The number of hydrogen-bond donors (Lipinski definition) is 0. The molecule has 0 bridgehead atoms. The average molecular weight is 728 g/mol. The SMILES string of the molecule is c1ccc(-c2cc(-c3ccccc3)nc(-c3c(-n4c5ccccc5c5ccccc54)cc4c(oc5ccccc54)c3-n3c4ccccc4c4ccccc43)c2)cc1. The predicted octanol–water partition coefficient (Wildman–Crippen LogP) is 14.2. The molecule has 0 atom stereocenters. The number of benzene rings is 8. The zero-order chi connectivity index (χ0) is 37.5. The van der Waals surface area contributed by atoms with Gasteiger partial charge in [-0.2, -0.15) is 0 Å². The molecule has 57 heavy (non-hydrogen) atoms. The zero-order valence-electron chi connectivity index (χ0n) is 30.8. The molecular weight excluding hydrogens is 695 g/mol. The molecule has 0 amide bonds. The van der Waals surface area contributed by atoms with Crippen molar-refractivity contribution in [3.63, 3.8) is 0 Å². The van der Waals surface area contributed by atoms with Crippen molar-refractivity contribution < 1.29 is 4.42 Å². The lowest BCUT2D eigenvalue weighted by atomic mass is 9.96. The molecule has 0 unspecified atom stereocenters. The fraction of sp³-hybridized carbons (Fsp3) is 0. The summed E-state index contributed by atoms with van der Waals surface area (Å²) >= 11 is 0. The molecule has 0 radical (unpaired) electrons. The van der Waals surface area contributed by atoms with Gasteiger partial charge in [-0.25, -0.2) is 4.98 Å². The Morgan fingerprint density at radius 2 is 0.807 bits per heavy atom. The standard InChI is InChI=1S/C53H33N3O/c1-3-17-34(18-4-1)36-31-43(35-19-5-2-6-20-35)54-44(32-36)51-49(55-45-26-12-7-21-37(45)38-22-8-13-27-46(38)55)33-42-41-25-11-16-30-50(41)57-53(42)52(51)56-47-28-14-9-23-39(47)40-24-10-15-29-48(40)56/h1-33H. The molecule has 4 nitrogen and oxygen atoms in total. The normalized spacial score (nSPS) is 11.9. The number of hydrogen-bond acceptors (Lipinski definition) is 2. The lowest BCUT2D eigenvalue weighted by Crippen LogP contribution is -2.06. The Morgan fingerprint density at radius 1 is 0.351 bits per heavy atom. The Bertz CT molecular complexity index is 3350. The van der Waals surface area contributed by atoms with E-state index < -0.39 is 0 Å². The Morgan fingerprint density at radius 3 is 1.39 bits per heavy atom. The van der Waals surface area contributed by atoms with Crippen molar-refractivity contribution in [2.45, 2.75) is 0 Å². The van der Waals surface area contributed by atoms with Crippen LogP contribution in [0.15, 0.2) is 205 Å². The zero-order valence-corrected chi connectivity index (χ0v) is 30.8. The Labute approximate surface area is 328 Å². The minimum Gasteiger partial charge on any atom is -0.454 e. The summed E-state index contributed by atoms with van der Waals surface area (Å²) in [4.78, 5) is 5.65. The summed E-state index contributed by atoms with van der Waals surface area (Å²) in [6.45, 7) is 0. The Hall–Kier alpha value is -7.69. The van der Waals surface area contributed by atoms with Crippen LogP contribution in [0.4, 0.5) is 0 Å². The summed E-state index contributed by atoms with van der Waals surface area (Å²) in [5, 5.41) is 6.88. The fourth-order valence-electron chi connectivity index (χ4n) is 9.03. The van der Waals surface area contributed by atoms with E-state index in [1.54, 1.807) is 0 Å². The van der Waals surface area contributed by atoms with Gasteiger partial charge < -0.3 is 13.6 Å². The number of para-hydroxylation sites is 5. The van der Waals surface area contributed by atoms with E-state index >= 15 is 0 Å². The summed E-state index contributed by atoms with van der Waals surface area (Å²) in [7, 11) is 0. The molecule has 4 heteroatoms. The van der Waals surface area contributed by atoms with Gasteiger partial charge in [-0.15, -0.1) is 0 Å². The molecule has 0 aliphatic carbocycles. The third-order valence-electron chi connectivity index (χ3n) is 11.5. The van der Waals surface area contributed by atoms with Crippen molar-refractivity contribution in [2.75, 3.05) is 0 Å². The maximum atomic E-state index is 7.09. The van der Waals surface area contributed by atoms with Gasteiger partial charge in [-0.1, -0.05) is 152 Å². The highest BCUT2D eigenvalue weighted by molar-refractivity contribution is 6.17. The van der Waals surface area contributed by atoms with E-state index in [1.807, 2.05) is 0 Å². The van der Waals surface area contributed by atoms with Crippen LogP contribution in [0.3, 0.4) is 0 Å². The first-order chi connectivity index (χ1) is 28.3. The molecular formula is C53H33N3O. The molecule has 0 saturated carbocycles. The molecule has 12 aromatic rings. The summed E-state index contributed by atoms with van der Waals surface area (Å²) in [5.74, 6) is 0. The van der Waals surface area contributed by atoms with Crippen LogP contribution in [0.1, 0.15) is 0 Å². The quantitative estimate of drug-likeness (QED) is 0.177. The first kappa shape index (κ1) is 31.6. The first-order valence-electron chi connectivity index (χ1n) is 19.4. The summed E-state index contributed by atoms with van der Waals surface area (Å²) in [5.41, 5.74) is 14.1. The molecule has 4 heterocycles. The van der Waals surface area contributed by atoms with Gasteiger partial charge in [0.05, 0.1) is 44.7 Å². The van der Waals surface area contributed by atoms with Crippen LogP contribution >= 0.6 is 0 Å². The second-order valence-electron chi connectivity index (χ2n) is 14.7. The smallest absolute Gasteiger partial charge is 0.160 e. The van der Waals surface area contributed by atoms with Gasteiger partial charge in [-0.05, 0) is 59.7 Å². The molecule has 12 rings (SSSR count). The van der Waals surface area contributed by atoms with Crippen LogP contribution in [0.2, 0.25) is 0 Å². The highest BCUT2D eigenvalue weighted by Gasteiger charge is 2.28. The number of fused-ring (bicyclic) bond motifs is 9. The number of rotatable bonds is 5. The number of furan rings is 1. The van der Waals surface area contributed by atoms with E-state index in [1.165, 1.54) is 21.5 Å². The highest BCUT2D eigenvalue weighted by Crippen LogP contribution is 2.48. The number of nitrogens with zero attached hydrogens (tertiary/aromatic N) is 3. The van der Waals surface area contributed by atoms with Crippen molar-refractivity contribution in [1.82, 2.24) is 14.1 Å². The van der Waals surface area contributed by atoms with Gasteiger partial charge in [-0.3, -0.25) is 0 Å². The van der Waals surface area contributed by atoms with Gasteiger partial charge in [0, 0.05) is 37.9 Å². The third kappa shape index (κ3) is 4.77. The van der Waals surface area contributed by atoms with Crippen LogP contribution in [0.5, 0.6) is 0 Å². The van der Waals surface area contributed by atoms with E-state index in [2.05, 4.69) is 209 Å². The van der Waals surface area contributed by atoms with Gasteiger partial charge in [0.1, 0.15) is 11.3 Å². The average Bonchev–Trinajstić information content (AvgIpc) is 3.94. The van der Waals surface area contributed by atoms with E-state index in [0.717, 1.165) is 89.0 Å². The number of aromatic nitrogens is 3. The van der Waals surface area contributed by atoms with Crippen molar-refractivity contribution >= 4 is 65.6 Å². The number of pyridine rings is 1. The maximum absolute atomic E-state index is 7.09. The van der Waals surface area contributed by atoms with Crippen LogP contribution < -0.4 is 0 Å². The maximum Gasteiger partial charge on any atom is 0.160 e. The minimum absolute atomic E-state index is 0.815. The van der Waals surface area contributed by atoms with E-state index in [-0.39, 0.29) is 0 Å². The van der Waals surface area contributed by atoms with Gasteiger partial charge in [0.25, 0.3) is 0 Å². The monoisotopic (exact) mass is 727 g/mol. The molecule has 8 aromatic carbocycles. The van der Waals surface area contributed by atoms with E-state index in [4.69, 9.17) is 9.40 Å². The van der Waals surface area contributed by atoms with Crippen molar-refractivity contribution in [3.8, 4) is 45.0 Å². The molecule has 0 saturated heterocycles. The molecule has 266 valence electrons. The topological polar surface area (TPSA) is 35.9 Å². The second kappa shape index (κ2) is 12.4. The van der Waals surface area contributed by atoms with Crippen LogP contribution in [0.25, 0.3) is 111 Å². The van der Waals surface area contributed by atoms with Crippen LogP contribution in [-0.2, 0) is 0 Å². The molecule has 0 N–H and O–H groups in total. The first-order valence-corrected chi connectivity index (χ1v) is 19.4. The van der Waals surface area contributed by atoms with Gasteiger partial charge >= 0.3 is 0 Å². The van der Waals surface area contributed by atoms with E-state index in [0.29, 0.717) is 0 Å². The minimum atomic E-state index is 0.815. The largest absolute Gasteiger partial charge is 0.454 e. The molecule has 4 aromatic heterocycles. The second-order valence-corrected chi connectivity index (χ2v) is 14.7. The predicted molar refractivity (Wildman–Crippen MR) is 237 cm³/mol. The van der Waals surface area contributed by atoms with Gasteiger partial charge in [0.2, 0.25) is 0 Å². The summed E-state index contributed by atoms with van der Waals surface area (Å²) in [6.07, 6.45) is 0. The third-order valence-corrected chi connectivity index (χ3v) is 11.5. The van der Waals surface area contributed by atoms with Crippen molar-refractivity contribution in [1.29, 1.82) is 0 Å². The lowest BCUT2D eigenvalue weighted by Gasteiger charge is -2.21. The lowest BCUT2D eigenvalue weighted by molar-refractivity contribution is 0.666. The Kier molecular flexibility index (Phi) is 6.89. The summed E-state index contributed by atoms with van der Waals surface area (Å²) < 4.78 is 11.9. The van der Waals surface area contributed by atoms with Crippen LogP contribution in [0, 0.1) is 0 Å². The highest BCUT2D eigenvalue weighted by atomic mass is 16.3. The fourth-order valence-corrected chi connectivity index (χ4v) is 9.03. The Balaban J connectivity index is 1.35. The van der Waals surface area contributed by atoms with E-state index in [9.17, 15) is 0 Å². The van der Waals surface area contributed by atoms with Crippen molar-refractivity contribution in [2.24, 2.45) is 0 Å². The van der Waals surface area contributed by atoms with Gasteiger partial charge in [0.15, 0.2) is 5.58 Å². The molecule has 0 aliphatic rings.